The zero-order chi connectivity index (χ0) is 12.5. The van der Waals surface area contributed by atoms with Crippen LogP contribution in [0.2, 0.25) is 0 Å². The number of hydrogen-bond donors (Lipinski definition) is 1. The van der Waals surface area contributed by atoms with Crippen LogP contribution in [-0.4, -0.2) is 42.6 Å². The Morgan fingerprint density at radius 2 is 2.24 bits per heavy atom. The molecule has 4 nitrogen and oxygen atoms in total. The van der Waals surface area contributed by atoms with Crippen LogP contribution in [0.3, 0.4) is 0 Å². The summed E-state index contributed by atoms with van der Waals surface area (Å²) in [7, 11) is 1.42. The minimum Gasteiger partial charge on any atom is -0.468 e. The molecule has 1 heterocycles. The van der Waals surface area contributed by atoms with Gasteiger partial charge in [-0.1, -0.05) is 6.92 Å². The predicted molar refractivity (Wildman–Crippen MR) is 66.5 cm³/mol. The quantitative estimate of drug-likeness (QED) is 0.735. The summed E-state index contributed by atoms with van der Waals surface area (Å²) in [5.74, 6) is 0.528. The fraction of sp³-hybridized carbons (Fsp3) is 0.923. The first-order valence-electron chi connectivity index (χ1n) is 6.66. The molecule has 3 atom stereocenters. The van der Waals surface area contributed by atoms with Crippen LogP contribution in [0.5, 0.6) is 0 Å². The van der Waals surface area contributed by atoms with Gasteiger partial charge < -0.3 is 15.4 Å². The van der Waals surface area contributed by atoms with E-state index in [1.807, 2.05) is 0 Å². The number of methoxy groups -OCH3 is 1. The lowest BCUT2D eigenvalue weighted by atomic mass is 9.96. The third-order valence-electron chi connectivity index (χ3n) is 4.32. The molecule has 0 aromatic carbocycles. The normalized spacial score (nSPS) is 39.2. The largest absolute Gasteiger partial charge is 0.468 e. The maximum atomic E-state index is 11.7. The second-order valence-electron chi connectivity index (χ2n) is 5.79. The number of likely N-dealkylation sites (tertiary alicyclic amines) is 1. The average Bonchev–Trinajstić information content (AvgIpc) is 2.72. The van der Waals surface area contributed by atoms with Gasteiger partial charge in [0.05, 0.1) is 7.11 Å². The lowest BCUT2D eigenvalue weighted by molar-refractivity contribution is -0.147. The van der Waals surface area contributed by atoms with Crippen molar-refractivity contribution in [2.75, 3.05) is 20.2 Å². The summed E-state index contributed by atoms with van der Waals surface area (Å²) in [6.45, 7) is 4.62. The summed E-state index contributed by atoms with van der Waals surface area (Å²) < 4.78 is 4.81. The Bertz CT molecular complexity index is 295. The first kappa shape index (κ1) is 12.8. The molecule has 0 radical (unpaired) electrons. The lowest BCUT2D eigenvalue weighted by Crippen LogP contribution is -2.49. The number of carbonyl (C=O) groups is 1. The second-order valence-corrected chi connectivity index (χ2v) is 5.79. The molecular weight excluding hydrogens is 216 g/mol. The lowest BCUT2D eigenvalue weighted by Gasteiger charge is -2.36. The molecule has 0 spiro atoms. The Balaban J connectivity index is 1.95. The minimum atomic E-state index is -0.736. The molecule has 1 saturated carbocycles. The van der Waals surface area contributed by atoms with Crippen molar-refractivity contribution in [3.05, 3.63) is 0 Å². The molecule has 2 aliphatic rings. The highest BCUT2D eigenvalue weighted by atomic mass is 16.5. The highest BCUT2D eigenvalue weighted by Crippen LogP contribution is 2.34. The molecule has 2 N–H and O–H groups in total. The number of ether oxygens (including phenoxy) is 1. The zero-order valence-corrected chi connectivity index (χ0v) is 10.9. The highest BCUT2D eigenvalue weighted by Gasteiger charge is 2.45. The fourth-order valence-corrected chi connectivity index (χ4v) is 3.31. The van der Waals surface area contributed by atoms with Crippen molar-refractivity contribution >= 4 is 5.97 Å². The molecule has 98 valence electrons. The minimum absolute atomic E-state index is 0.245. The molecule has 0 amide bonds. The van der Waals surface area contributed by atoms with Crippen LogP contribution in [0.15, 0.2) is 0 Å². The molecule has 2 fully saturated rings. The standard InChI is InChI=1S/C13H24N2O2/c1-10-4-3-7-15(9-10)11-5-6-13(14,8-11)12(16)17-2/h10-11H,3-9,14H2,1-2H3. The monoisotopic (exact) mass is 240 g/mol. The van der Waals surface area contributed by atoms with Crippen molar-refractivity contribution in [2.24, 2.45) is 11.7 Å². The van der Waals surface area contributed by atoms with Crippen molar-refractivity contribution in [1.82, 2.24) is 4.90 Å². The van der Waals surface area contributed by atoms with Gasteiger partial charge in [-0.2, -0.15) is 0 Å². The first-order valence-corrected chi connectivity index (χ1v) is 6.66. The van der Waals surface area contributed by atoms with E-state index in [-0.39, 0.29) is 5.97 Å². The van der Waals surface area contributed by atoms with E-state index in [1.54, 1.807) is 0 Å². The van der Waals surface area contributed by atoms with Crippen LogP contribution >= 0.6 is 0 Å². The summed E-state index contributed by atoms with van der Waals surface area (Å²) in [6.07, 6.45) is 5.14. The van der Waals surface area contributed by atoms with Crippen molar-refractivity contribution in [1.29, 1.82) is 0 Å². The van der Waals surface area contributed by atoms with Crippen LogP contribution in [0.4, 0.5) is 0 Å². The van der Waals surface area contributed by atoms with E-state index in [2.05, 4.69) is 11.8 Å². The maximum absolute atomic E-state index is 11.7. The summed E-state index contributed by atoms with van der Waals surface area (Å²) >= 11 is 0. The Kier molecular flexibility index (Phi) is 3.73. The SMILES string of the molecule is COC(=O)C1(N)CCC(N2CCCC(C)C2)C1. The summed E-state index contributed by atoms with van der Waals surface area (Å²) in [4.78, 5) is 14.2. The molecule has 1 saturated heterocycles. The van der Waals surface area contributed by atoms with Gasteiger partial charge in [0.15, 0.2) is 0 Å². The van der Waals surface area contributed by atoms with E-state index in [0.717, 1.165) is 38.3 Å². The van der Waals surface area contributed by atoms with Crippen LogP contribution < -0.4 is 5.73 Å². The number of nitrogens with two attached hydrogens (primary N) is 1. The van der Waals surface area contributed by atoms with Gasteiger partial charge >= 0.3 is 5.97 Å². The number of rotatable bonds is 2. The fourth-order valence-electron chi connectivity index (χ4n) is 3.31. The molecular formula is C13H24N2O2. The van der Waals surface area contributed by atoms with Crippen LogP contribution in [0.1, 0.15) is 39.0 Å². The van der Waals surface area contributed by atoms with Crippen LogP contribution in [0, 0.1) is 5.92 Å². The van der Waals surface area contributed by atoms with Crippen molar-refractivity contribution < 1.29 is 9.53 Å². The maximum Gasteiger partial charge on any atom is 0.325 e. The molecule has 2 rings (SSSR count). The van der Waals surface area contributed by atoms with Crippen LogP contribution in [0.25, 0.3) is 0 Å². The third kappa shape index (κ3) is 2.63. The third-order valence-corrected chi connectivity index (χ3v) is 4.32. The summed E-state index contributed by atoms with van der Waals surface area (Å²) in [5.41, 5.74) is 5.41. The smallest absolute Gasteiger partial charge is 0.325 e. The van der Waals surface area contributed by atoms with Gasteiger partial charge in [-0.15, -0.1) is 0 Å². The molecule has 0 aromatic heterocycles. The number of esters is 1. The highest BCUT2D eigenvalue weighted by molar-refractivity contribution is 5.81. The van der Waals surface area contributed by atoms with Gasteiger partial charge in [0.1, 0.15) is 5.54 Å². The topological polar surface area (TPSA) is 55.6 Å². The van der Waals surface area contributed by atoms with Gasteiger partial charge in [-0.3, -0.25) is 4.79 Å². The molecule has 0 bridgehead atoms. The van der Waals surface area contributed by atoms with Crippen molar-refractivity contribution in [2.45, 2.75) is 50.6 Å². The van der Waals surface area contributed by atoms with Gasteiger partial charge in [-0.25, -0.2) is 0 Å². The second kappa shape index (κ2) is 4.94. The molecule has 17 heavy (non-hydrogen) atoms. The Labute approximate surface area is 103 Å². The Morgan fingerprint density at radius 3 is 2.88 bits per heavy atom. The Hall–Kier alpha value is -0.610. The van der Waals surface area contributed by atoms with E-state index in [1.165, 1.54) is 20.0 Å². The number of carbonyl (C=O) groups excluding carboxylic acids is 1. The van der Waals surface area contributed by atoms with Gasteiger partial charge in [0, 0.05) is 12.6 Å². The zero-order valence-electron chi connectivity index (χ0n) is 10.9. The van der Waals surface area contributed by atoms with E-state index < -0.39 is 5.54 Å². The molecule has 4 heteroatoms. The molecule has 0 aromatic rings. The first-order chi connectivity index (χ1) is 8.05. The molecule has 1 aliphatic heterocycles. The van der Waals surface area contributed by atoms with Crippen LogP contribution in [-0.2, 0) is 9.53 Å². The van der Waals surface area contributed by atoms with Gasteiger partial charge in [0.2, 0.25) is 0 Å². The number of nitrogens with zero attached hydrogens (tertiary/aromatic N) is 1. The van der Waals surface area contributed by atoms with E-state index >= 15 is 0 Å². The van der Waals surface area contributed by atoms with Crippen molar-refractivity contribution in [3.63, 3.8) is 0 Å². The van der Waals surface area contributed by atoms with E-state index in [0.29, 0.717) is 6.04 Å². The van der Waals surface area contributed by atoms with E-state index in [4.69, 9.17) is 10.5 Å². The average molecular weight is 240 g/mol. The molecule has 3 unspecified atom stereocenters. The predicted octanol–water partition coefficient (Wildman–Crippen LogP) is 1.14. The van der Waals surface area contributed by atoms with Crippen molar-refractivity contribution in [3.8, 4) is 0 Å². The number of piperidine rings is 1. The summed E-state index contributed by atoms with van der Waals surface area (Å²) in [5, 5.41) is 0. The van der Waals surface area contributed by atoms with E-state index in [9.17, 15) is 4.79 Å². The Morgan fingerprint density at radius 1 is 1.47 bits per heavy atom. The van der Waals surface area contributed by atoms with Gasteiger partial charge in [-0.05, 0) is 44.6 Å². The summed E-state index contributed by atoms with van der Waals surface area (Å²) in [6, 6.07) is 0.474. The molecule has 1 aliphatic carbocycles. The van der Waals surface area contributed by atoms with Gasteiger partial charge in [0.25, 0.3) is 0 Å². The number of hydrogen-bond acceptors (Lipinski definition) is 4.